The quantitative estimate of drug-likeness (QED) is 0.317. The fraction of sp³-hybridized carbons (Fsp3) is 0.833. The molecule has 0 fully saturated rings. The summed E-state index contributed by atoms with van der Waals surface area (Å²) in [6.45, 7) is 4.06. The predicted octanol–water partition coefficient (Wildman–Crippen LogP) is 0.969. The van der Waals surface area contributed by atoms with Gasteiger partial charge < -0.3 is 4.74 Å². The number of unbranched alkanes of at least 4 members (excludes halogenated alkanes) is 1. The molecule has 9 heavy (non-hydrogen) atoms. The van der Waals surface area contributed by atoms with Gasteiger partial charge in [0.15, 0.2) is 0 Å². The molecule has 0 aliphatic heterocycles. The van der Waals surface area contributed by atoms with E-state index < -0.39 is 0 Å². The summed E-state index contributed by atoms with van der Waals surface area (Å²) in [5, 5.41) is 0. The molecule has 0 saturated carbocycles. The summed E-state index contributed by atoms with van der Waals surface area (Å²) in [6, 6.07) is 0. The van der Waals surface area contributed by atoms with Gasteiger partial charge in [0.2, 0.25) is 0 Å². The zero-order valence-corrected chi connectivity index (χ0v) is 6.44. The van der Waals surface area contributed by atoms with Crippen molar-refractivity contribution in [3.63, 3.8) is 0 Å². The second-order valence-electron chi connectivity index (χ2n) is 1.69. The smallest absolute Gasteiger partial charge is 0.302 e. The molecule has 0 atom stereocenters. The number of ether oxygens (including phenoxy) is 1. The topological polar surface area (TPSA) is 26.3 Å². The van der Waals surface area contributed by atoms with Crippen molar-refractivity contribution >= 4 is 24.8 Å². The van der Waals surface area contributed by atoms with Gasteiger partial charge in [0.1, 0.15) is 0 Å². The van der Waals surface area contributed by atoms with Gasteiger partial charge in [-0.2, -0.15) is 0 Å². The van der Waals surface area contributed by atoms with Crippen LogP contribution in [0.5, 0.6) is 0 Å². The average Bonchev–Trinajstić information content (AvgIpc) is 1.66. The summed E-state index contributed by atoms with van der Waals surface area (Å²) in [5.41, 5.74) is 0. The normalized spacial score (nSPS) is 7.78. The molecule has 2 nitrogen and oxygen atoms in total. The van der Waals surface area contributed by atoms with Gasteiger partial charge in [0.05, 0.1) is 6.61 Å². The van der Waals surface area contributed by atoms with Crippen LogP contribution in [0.15, 0.2) is 0 Å². The van der Waals surface area contributed by atoms with Crippen molar-refractivity contribution in [1.82, 2.24) is 0 Å². The van der Waals surface area contributed by atoms with Gasteiger partial charge in [-0.05, 0) is 6.42 Å². The molecule has 0 heterocycles. The van der Waals surface area contributed by atoms with Crippen LogP contribution in [0.4, 0.5) is 0 Å². The first kappa shape index (κ1) is 11.8. The Morgan fingerprint density at radius 3 is 2.44 bits per heavy atom. The minimum Gasteiger partial charge on any atom is -0.466 e. The Morgan fingerprint density at radius 1 is 1.56 bits per heavy atom. The van der Waals surface area contributed by atoms with Gasteiger partial charge in [-0.1, -0.05) is 13.3 Å². The Labute approximate surface area is 68.1 Å². The monoisotopic (exact) mass is 123 g/mol. The first-order valence-electron chi connectivity index (χ1n) is 2.90. The fourth-order valence-electron chi connectivity index (χ4n) is 0.360. The molecular weight excluding hydrogens is 111 g/mol. The number of esters is 1. The SMILES string of the molecule is CCCCOC(C)=O.[Li]. The molecule has 3 heteroatoms. The van der Waals surface area contributed by atoms with Gasteiger partial charge in [-0.25, -0.2) is 0 Å². The molecule has 0 amide bonds. The Bertz CT molecular complexity index is 73.5. The van der Waals surface area contributed by atoms with E-state index in [0.717, 1.165) is 12.8 Å². The van der Waals surface area contributed by atoms with Crippen LogP contribution in [-0.4, -0.2) is 31.4 Å². The van der Waals surface area contributed by atoms with Crippen molar-refractivity contribution in [2.75, 3.05) is 6.61 Å². The third-order valence-corrected chi connectivity index (χ3v) is 0.803. The molecule has 0 spiro atoms. The molecule has 49 valence electrons. The van der Waals surface area contributed by atoms with Crippen molar-refractivity contribution < 1.29 is 9.53 Å². The van der Waals surface area contributed by atoms with Crippen LogP contribution in [0.1, 0.15) is 26.7 Å². The first-order valence-corrected chi connectivity index (χ1v) is 2.90. The summed E-state index contributed by atoms with van der Waals surface area (Å²) in [7, 11) is 0. The van der Waals surface area contributed by atoms with Crippen LogP contribution in [0.3, 0.4) is 0 Å². The average molecular weight is 123 g/mol. The first-order chi connectivity index (χ1) is 3.77. The van der Waals surface area contributed by atoms with Crippen molar-refractivity contribution in [3.8, 4) is 0 Å². The maximum absolute atomic E-state index is 10.1. The maximum atomic E-state index is 10.1. The largest absolute Gasteiger partial charge is 0.466 e. The van der Waals surface area contributed by atoms with Gasteiger partial charge in [0, 0.05) is 25.8 Å². The van der Waals surface area contributed by atoms with E-state index in [0.29, 0.717) is 6.61 Å². The second kappa shape index (κ2) is 8.07. The Kier molecular flexibility index (Phi) is 10.6. The third kappa shape index (κ3) is 11.6. The van der Waals surface area contributed by atoms with Crippen molar-refractivity contribution in [2.24, 2.45) is 0 Å². The minimum atomic E-state index is -0.182. The molecule has 0 saturated heterocycles. The van der Waals surface area contributed by atoms with E-state index in [1.165, 1.54) is 6.92 Å². The number of hydrogen-bond acceptors (Lipinski definition) is 2. The van der Waals surface area contributed by atoms with Crippen LogP contribution < -0.4 is 0 Å². The van der Waals surface area contributed by atoms with Crippen molar-refractivity contribution in [2.45, 2.75) is 26.7 Å². The molecule has 0 aliphatic carbocycles. The van der Waals surface area contributed by atoms with E-state index in [4.69, 9.17) is 0 Å². The Morgan fingerprint density at radius 2 is 2.11 bits per heavy atom. The molecule has 0 rings (SSSR count). The summed E-state index contributed by atoms with van der Waals surface area (Å²) in [5.74, 6) is -0.182. The molecule has 0 aromatic heterocycles. The van der Waals surface area contributed by atoms with Crippen LogP contribution in [-0.2, 0) is 9.53 Å². The maximum Gasteiger partial charge on any atom is 0.302 e. The van der Waals surface area contributed by atoms with Gasteiger partial charge in [0.25, 0.3) is 0 Å². The van der Waals surface area contributed by atoms with Gasteiger partial charge in [-0.15, -0.1) is 0 Å². The fourth-order valence-corrected chi connectivity index (χ4v) is 0.360. The number of carbonyl (C=O) groups is 1. The van der Waals surface area contributed by atoms with Crippen LogP contribution >= 0.6 is 0 Å². The molecular formula is C6H12LiO2. The van der Waals surface area contributed by atoms with E-state index in [9.17, 15) is 4.79 Å². The number of hydrogen-bond donors (Lipinski definition) is 0. The Balaban J connectivity index is 0. The van der Waals surface area contributed by atoms with E-state index in [1.807, 2.05) is 0 Å². The molecule has 0 bridgehead atoms. The van der Waals surface area contributed by atoms with Crippen LogP contribution in [0, 0.1) is 0 Å². The van der Waals surface area contributed by atoms with Crippen LogP contribution in [0.25, 0.3) is 0 Å². The third-order valence-electron chi connectivity index (χ3n) is 0.803. The molecule has 0 aromatic rings. The minimum absolute atomic E-state index is 0. The van der Waals surface area contributed by atoms with Gasteiger partial charge >= 0.3 is 5.97 Å². The molecule has 0 aromatic carbocycles. The van der Waals surface area contributed by atoms with E-state index >= 15 is 0 Å². The summed E-state index contributed by atoms with van der Waals surface area (Å²) in [4.78, 5) is 10.1. The summed E-state index contributed by atoms with van der Waals surface area (Å²) >= 11 is 0. The molecule has 0 aliphatic rings. The molecule has 0 N–H and O–H groups in total. The summed E-state index contributed by atoms with van der Waals surface area (Å²) in [6.07, 6.45) is 2.05. The van der Waals surface area contributed by atoms with Crippen molar-refractivity contribution in [3.05, 3.63) is 0 Å². The standard InChI is InChI=1S/C6H12O2.Li/c1-3-4-5-8-6(2)7;/h3-5H2,1-2H3;. The number of carbonyl (C=O) groups excluding carboxylic acids is 1. The van der Waals surface area contributed by atoms with Crippen molar-refractivity contribution in [1.29, 1.82) is 0 Å². The Hall–Kier alpha value is 0.0674. The number of rotatable bonds is 3. The predicted molar refractivity (Wildman–Crippen MR) is 37.3 cm³/mol. The van der Waals surface area contributed by atoms with Crippen LogP contribution in [0.2, 0.25) is 0 Å². The van der Waals surface area contributed by atoms with Gasteiger partial charge in [-0.3, -0.25) is 4.79 Å². The molecule has 1 radical (unpaired) electrons. The van der Waals surface area contributed by atoms with E-state index in [-0.39, 0.29) is 24.8 Å². The second-order valence-corrected chi connectivity index (χ2v) is 1.69. The van der Waals surface area contributed by atoms with E-state index in [2.05, 4.69) is 11.7 Å². The molecule has 0 unspecified atom stereocenters. The zero-order valence-electron chi connectivity index (χ0n) is 6.44. The zero-order chi connectivity index (χ0) is 6.41. The van der Waals surface area contributed by atoms with E-state index in [1.54, 1.807) is 0 Å². The summed E-state index contributed by atoms with van der Waals surface area (Å²) < 4.78 is 4.64.